The minimum atomic E-state index is -0.432. The lowest BCUT2D eigenvalue weighted by Crippen LogP contribution is -2.55. The van der Waals surface area contributed by atoms with E-state index in [0.29, 0.717) is 0 Å². The molecule has 2 atom stereocenters. The molecule has 10 heavy (non-hydrogen) atoms. The van der Waals surface area contributed by atoms with Crippen LogP contribution in [0.25, 0.3) is 0 Å². The van der Waals surface area contributed by atoms with Gasteiger partial charge in [-0.05, 0) is 13.8 Å². The fourth-order valence-electron chi connectivity index (χ4n) is 1.08. The van der Waals surface area contributed by atoms with Gasteiger partial charge in [0.15, 0.2) is 5.79 Å². The maximum atomic E-state index is 5.44. The summed E-state index contributed by atoms with van der Waals surface area (Å²) in [6.45, 7) is 5.65. The molecule has 0 aromatic carbocycles. The van der Waals surface area contributed by atoms with Gasteiger partial charge in [0.1, 0.15) is 0 Å². The number of ether oxygens (including phenoxy) is 2. The highest BCUT2D eigenvalue weighted by atomic mass is 16.7. The second kappa shape index (κ2) is 2.86. The predicted molar refractivity (Wildman–Crippen MR) is 38.8 cm³/mol. The number of hydrogen-bond acceptors (Lipinski definition) is 3. The first-order valence-electron chi connectivity index (χ1n) is 3.61. The summed E-state index contributed by atoms with van der Waals surface area (Å²) in [5.41, 5.74) is 0. The highest BCUT2D eigenvalue weighted by molar-refractivity contribution is 4.80. The standard InChI is InChI=1S/C7H15NO2/c1-6-7(2,9-3)10-5-4-8-6/h6,8H,4-5H2,1-3H3. The molecule has 1 aliphatic rings. The molecule has 1 saturated heterocycles. The van der Waals surface area contributed by atoms with Crippen molar-refractivity contribution >= 4 is 0 Å². The summed E-state index contributed by atoms with van der Waals surface area (Å²) in [4.78, 5) is 0. The predicted octanol–water partition coefficient (Wildman–Crippen LogP) is 0.357. The summed E-state index contributed by atoms with van der Waals surface area (Å²) in [6.07, 6.45) is 0. The monoisotopic (exact) mass is 145 g/mol. The Hall–Kier alpha value is -0.120. The molecule has 0 bridgehead atoms. The Morgan fingerprint density at radius 2 is 2.40 bits per heavy atom. The molecule has 0 aromatic rings. The largest absolute Gasteiger partial charge is 0.352 e. The highest BCUT2D eigenvalue weighted by Gasteiger charge is 2.34. The zero-order chi connectivity index (χ0) is 7.61. The molecule has 1 N–H and O–H groups in total. The Morgan fingerprint density at radius 3 is 2.80 bits per heavy atom. The molecule has 0 saturated carbocycles. The molecule has 1 rings (SSSR count). The van der Waals surface area contributed by atoms with E-state index in [-0.39, 0.29) is 6.04 Å². The van der Waals surface area contributed by atoms with Gasteiger partial charge in [-0.3, -0.25) is 0 Å². The van der Waals surface area contributed by atoms with Crippen molar-refractivity contribution in [2.75, 3.05) is 20.3 Å². The SMILES string of the molecule is COC1(C)OCCNC1C. The quantitative estimate of drug-likeness (QED) is 0.578. The fourth-order valence-corrected chi connectivity index (χ4v) is 1.08. The molecule has 0 amide bonds. The van der Waals surface area contributed by atoms with Crippen LogP contribution in [-0.4, -0.2) is 32.1 Å². The van der Waals surface area contributed by atoms with Crippen LogP contribution in [-0.2, 0) is 9.47 Å². The summed E-state index contributed by atoms with van der Waals surface area (Å²) < 4.78 is 10.6. The number of methoxy groups -OCH3 is 1. The molecule has 1 aliphatic heterocycles. The van der Waals surface area contributed by atoms with E-state index in [1.54, 1.807) is 7.11 Å². The van der Waals surface area contributed by atoms with Gasteiger partial charge >= 0.3 is 0 Å². The zero-order valence-corrected chi connectivity index (χ0v) is 6.81. The van der Waals surface area contributed by atoms with E-state index >= 15 is 0 Å². The first kappa shape index (κ1) is 7.98. The minimum Gasteiger partial charge on any atom is -0.352 e. The van der Waals surface area contributed by atoms with E-state index in [2.05, 4.69) is 12.2 Å². The van der Waals surface area contributed by atoms with Gasteiger partial charge in [-0.2, -0.15) is 0 Å². The second-order valence-corrected chi connectivity index (χ2v) is 2.74. The van der Waals surface area contributed by atoms with Crippen LogP contribution in [0.1, 0.15) is 13.8 Å². The third-order valence-corrected chi connectivity index (χ3v) is 2.13. The van der Waals surface area contributed by atoms with E-state index in [1.165, 1.54) is 0 Å². The van der Waals surface area contributed by atoms with E-state index in [1.807, 2.05) is 6.92 Å². The maximum Gasteiger partial charge on any atom is 0.180 e. The Labute approximate surface area is 61.7 Å². The summed E-state index contributed by atoms with van der Waals surface area (Å²) in [5, 5.41) is 3.27. The number of nitrogens with one attached hydrogen (secondary N) is 1. The smallest absolute Gasteiger partial charge is 0.180 e. The van der Waals surface area contributed by atoms with Gasteiger partial charge in [0.25, 0.3) is 0 Å². The Balaban J connectivity index is 2.54. The molecule has 60 valence electrons. The summed E-state index contributed by atoms with van der Waals surface area (Å²) in [7, 11) is 1.67. The highest BCUT2D eigenvalue weighted by Crippen LogP contribution is 2.18. The number of hydrogen-bond donors (Lipinski definition) is 1. The molecule has 2 unspecified atom stereocenters. The topological polar surface area (TPSA) is 30.5 Å². The lowest BCUT2D eigenvalue weighted by atomic mass is 10.1. The van der Waals surface area contributed by atoms with Crippen LogP contribution in [0.4, 0.5) is 0 Å². The van der Waals surface area contributed by atoms with Gasteiger partial charge in [-0.25, -0.2) is 0 Å². The second-order valence-electron chi connectivity index (χ2n) is 2.74. The molecule has 3 nitrogen and oxygen atoms in total. The van der Waals surface area contributed by atoms with Gasteiger partial charge in [0.05, 0.1) is 12.6 Å². The third-order valence-electron chi connectivity index (χ3n) is 2.13. The summed E-state index contributed by atoms with van der Waals surface area (Å²) in [6, 6.07) is 0.270. The van der Waals surface area contributed by atoms with E-state index in [0.717, 1.165) is 13.2 Å². The van der Waals surface area contributed by atoms with Crippen LogP contribution >= 0.6 is 0 Å². The van der Waals surface area contributed by atoms with Gasteiger partial charge in [0, 0.05) is 13.7 Å². The van der Waals surface area contributed by atoms with Gasteiger partial charge in [-0.1, -0.05) is 0 Å². The molecule has 3 heteroatoms. The van der Waals surface area contributed by atoms with E-state index < -0.39 is 5.79 Å². The van der Waals surface area contributed by atoms with Crippen molar-refractivity contribution in [1.82, 2.24) is 5.32 Å². The molecule has 1 fully saturated rings. The maximum absolute atomic E-state index is 5.44. The molecule has 0 aromatic heterocycles. The van der Waals surface area contributed by atoms with Gasteiger partial charge < -0.3 is 14.8 Å². The normalized spacial score (nSPS) is 41.7. The summed E-state index contributed by atoms with van der Waals surface area (Å²) in [5.74, 6) is -0.432. The van der Waals surface area contributed by atoms with Crippen LogP contribution in [0.15, 0.2) is 0 Å². The lowest BCUT2D eigenvalue weighted by molar-refractivity contribution is -0.239. The minimum absolute atomic E-state index is 0.270. The Bertz CT molecular complexity index is 118. The van der Waals surface area contributed by atoms with Crippen molar-refractivity contribution in [3.05, 3.63) is 0 Å². The van der Waals surface area contributed by atoms with Crippen molar-refractivity contribution in [1.29, 1.82) is 0 Å². The molecule has 0 aliphatic carbocycles. The zero-order valence-electron chi connectivity index (χ0n) is 6.81. The van der Waals surface area contributed by atoms with Crippen molar-refractivity contribution in [3.63, 3.8) is 0 Å². The lowest BCUT2D eigenvalue weighted by Gasteiger charge is -2.38. The van der Waals surface area contributed by atoms with Crippen LogP contribution in [0, 0.1) is 0 Å². The van der Waals surface area contributed by atoms with E-state index in [4.69, 9.17) is 9.47 Å². The van der Waals surface area contributed by atoms with Gasteiger partial charge in [0.2, 0.25) is 0 Å². The molecule has 0 radical (unpaired) electrons. The fraction of sp³-hybridized carbons (Fsp3) is 1.00. The third kappa shape index (κ3) is 1.31. The van der Waals surface area contributed by atoms with Crippen molar-refractivity contribution in [3.8, 4) is 0 Å². The van der Waals surface area contributed by atoms with Crippen LogP contribution in [0.5, 0.6) is 0 Å². The Kier molecular flexibility index (Phi) is 2.28. The Morgan fingerprint density at radius 1 is 1.70 bits per heavy atom. The molecule has 1 heterocycles. The first-order chi connectivity index (χ1) is 4.69. The molecular weight excluding hydrogens is 130 g/mol. The first-order valence-corrected chi connectivity index (χ1v) is 3.61. The summed E-state index contributed by atoms with van der Waals surface area (Å²) >= 11 is 0. The van der Waals surface area contributed by atoms with Crippen LogP contribution < -0.4 is 5.32 Å². The van der Waals surface area contributed by atoms with Crippen molar-refractivity contribution in [2.24, 2.45) is 0 Å². The average molecular weight is 145 g/mol. The van der Waals surface area contributed by atoms with Crippen molar-refractivity contribution < 1.29 is 9.47 Å². The van der Waals surface area contributed by atoms with Crippen LogP contribution in [0.2, 0.25) is 0 Å². The number of rotatable bonds is 1. The van der Waals surface area contributed by atoms with Gasteiger partial charge in [-0.15, -0.1) is 0 Å². The van der Waals surface area contributed by atoms with E-state index in [9.17, 15) is 0 Å². The molecule has 0 spiro atoms. The molecular formula is C7H15NO2. The van der Waals surface area contributed by atoms with Crippen LogP contribution in [0.3, 0.4) is 0 Å². The number of morpholine rings is 1. The average Bonchev–Trinajstić information content (AvgIpc) is 1.96. The van der Waals surface area contributed by atoms with Crippen molar-refractivity contribution in [2.45, 2.75) is 25.7 Å².